The second-order valence-electron chi connectivity index (χ2n) is 8.64. The Balaban J connectivity index is 1.13. The zero-order valence-electron chi connectivity index (χ0n) is 18.4. The first-order valence-corrected chi connectivity index (χ1v) is 11.1. The van der Waals surface area contributed by atoms with Crippen molar-refractivity contribution < 1.29 is 24.2 Å². The van der Waals surface area contributed by atoms with Gasteiger partial charge in [0, 0.05) is 31.1 Å². The maximum absolute atomic E-state index is 12.4. The van der Waals surface area contributed by atoms with Crippen LogP contribution in [0.4, 0.5) is 10.5 Å². The predicted molar refractivity (Wildman–Crippen MR) is 123 cm³/mol. The summed E-state index contributed by atoms with van der Waals surface area (Å²) in [4.78, 5) is 37.1. The number of ether oxygens (including phenoxy) is 1. The molecule has 34 heavy (non-hydrogen) atoms. The molecule has 3 aromatic rings. The molecule has 2 aliphatic rings. The minimum absolute atomic E-state index is 0.00451. The second kappa shape index (κ2) is 9.01. The number of likely N-dealkylation sites (tertiary alicyclic amines) is 1. The molecule has 2 N–H and O–H groups in total. The summed E-state index contributed by atoms with van der Waals surface area (Å²) in [7, 11) is 0. The molecular formula is C25H24N4O5. The zero-order chi connectivity index (χ0) is 23.7. The fourth-order valence-electron chi connectivity index (χ4n) is 4.66. The van der Waals surface area contributed by atoms with E-state index >= 15 is 0 Å². The van der Waals surface area contributed by atoms with Crippen molar-refractivity contribution in [2.24, 2.45) is 5.92 Å². The Bertz CT molecular complexity index is 1200. The fraction of sp³-hybridized carbons (Fsp3) is 0.280. The summed E-state index contributed by atoms with van der Waals surface area (Å²) in [5.41, 5.74) is 5.03. The molecule has 9 nitrogen and oxygen atoms in total. The number of hydrogen-bond donors (Lipinski definition) is 2. The Morgan fingerprint density at radius 3 is 2.32 bits per heavy atom. The molecule has 1 aliphatic carbocycles. The quantitative estimate of drug-likeness (QED) is 0.560. The highest BCUT2D eigenvalue weighted by Gasteiger charge is 2.32. The third-order valence-corrected chi connectivity index (χ3v) is 6.29. The van der Waals surface area contributed by atoms with E-state index in [9.17, 15) is 14.4 Å². The van der Waals surface area contributed by atoms with Crippen LogP contribution in [-0.4, -0.2) is 57.5 Å². The van der Waals surface area contributed by atoms with Gasteiger partial charge in [0.05, 0.1) is 18.3 Å². The van der Waals surface area contributed by atoms with Gasteiger partial charge in [0.25, 0.3) is 0 Å². The molecule has 9 heteroatoms. The summed E-state index contributed by atoms with van der Waals surface area (Å²) in [6, 6.07) is 16.3. The first kappa shape index (κ1) is 21.7. The first-order chi connectivity index (χ1) is 16.5. The van der Waals surface area contributed by atoms with Crippen molar-refractivity contribution in [1.82, 2.24) is 14.7 Å². The van der Waals surface area contributed by atoms with Crippen LogP contribution in [0.5, 0.6) is 0 Å². The number of anilines is 1. The third kappa shape index (κ3) is 4.36. The van der Waals surface area contributed by atoms with Gasteiger partial charge in [-0.1, -0.05) is 48.5 Å². The van der Waals surface area contributed by atoms with Gasteiger partial charge in [-0.3, -0.25) is 19.6 Å². The molecule has 0 unspecified atom stereocenters. The SMILES string of the molecule is O=C(O)CC1CN(C(=O)Cn2cc(NC(=O)OCC3c4ccccc4-c4ccccc43)cn2)C1. The van der Waals surface area contributed by atoms with Crippen LogP contribution in [0.15, 0.2) is 60.9 Å². The lowest BCUT2D eigenvalue weighted by molar-refractivity contribution is -0.145. The average molecular weight is 460 g/mol. The Morgan fingerprint density at radius 1 is 1.03 bits per heavy atom. The lowest BCUT2D eigenvalue weighted by atomic mass is 9.96. The molecule has 0 radical (unpaired) electrons. The molecule has 0 spiro atoms. The molecule has 0 bridgehead atoms. The highest BCUT2D eigenvalue weighted by Crippen LogP contribution is 2.44. The van der Waals surface area contributed by atoms with E-state index in [1.165, 1.54) is 10.9 Å². The summed E-state index contributed by atoms with van der Waals surface area (Å²) in [6.45, 7) is 1.11. The van der Waals surface area contributed by atoms with Gasteiger partial charge in [0.1, 0.15) is 13.2 Å². The van der Waals surface area contributed by atoms with Crippen LogP contribution in [0.1, 0.15) is 23.5 Å². The fourth-order valence-corrected chi connectivity index (χ4v) is 4.66. The summed E-state index contributed by atoms with van der Waals surface area (Å²) >= 11 is 0. The van der Waals surface area contributed by atoms with E-state index in [2.05, 4.69) is 34.7 Å². The predicted octanol–water partition coefficient (Wildman–Crippen LogP) is 3.18. The second-order valence-corrected chi connectivity index (χ2v) is 8.64. The molecule has 1 saturated heterocycles. The lowest BCUT2D eigenvalue weighted by Crippen LogP contribution is -2.51. The number of nitrogens with zero attached hydrogens (tertiary/aromatic N) is 3. The van der Waals surface area contributed by atoms with E-state index in [1.807, 2.05) is 24.3 Å². The standard InChI is InChI=1S/C25H24N4O5/c30-23(28-11-16(12-28)9-24(31)32)14-29-13-17(10-26-29)27-25(33)34-15-22-20-7-3-1-5-18(20)19-6-2-4-8-21(19)22/h1-8,10,13,16,22H,9,11-12,14-15H2,(H,27,33)(H,31,32). The van der Waals surface area contributed by atoms with Gasteiger partial charge in [-0.05, 0) is 22.3 Å². The number of nitrogens with one attached hydrogen (secondary N) is 1. The Hall–Kier alpha value is -4.14. The number of rotatable bonds is 7. The molecular weight excluding hydrogens is 436 g/mol. The third-order valence-electron chi connectivity index (χ3n) is 6.29. The van der Waals surface area contributed by atoms with E-state index in [-0.39, 0.29) is 37.3 Å². The molecule has 2 amide bonds. The summed E-state index contributed by atoms with van der Waals surface area (Å²) in [6.07, 6.45) is 2.50. The van der Waals surface area contributed by atoms with E-state index < -0.39 is 12.1 Å². The Kier molecular flexibility index (Phi) is 5.75. The lowest BCUT2D eigenvalue weighted by Gasteiger charge is -2.38. The van der Waals surface area contributed by atoms with E-state index in [1.54, 1.807) is 11.1 Å². The summed E-state index contributed by atoms with van der Waals surface area (Å²) in [5.74, 6) is -1.02. The van der Waals surface area contributed by atoms with Crippen molar-refractivity contribution in [3.8, 4) is 11.1 Å². The molecule has 0 atom stereocenters. The molecule has 1 aromatic heterocycles. The molecule has 2 aromatic carbocycles. The van der Waals surface area contributed by atoms with Crippen molar-refractivity contribution in [2.45, 2.75) is 18.9 Å². The van der Waals surface area contributed by atoms with Crippen molar-refractivity contribution in [3.63, 3.8) is 0 Å². The number of carboxylic acids is 1. The summed E-state index contributed by atoms with van der Waals surface area (Å²) < 4.78 is 6.97. The minimum Gasteiger partial charge on any atom is -0.481 e. The first-order valence-electron chi connectivity index (χ1n) is 11.1. The smallest absolute Gasteiger partial charge is 0.411 e. The van der Waals surface area contributed by atoms with Crippen LogP contribution < -0.4 is 5.32 Å². The largest absolute Gasteiger partial charge is 0.481 e. The van der Waals surface area contributed by atoms with Gasteiger partial charge in [-0.2, -0.15) is 5.10 Å². The van der Waals surface area contributed by atoms with Crippen LogP contribution in [0.2, 0.25) is 0 Å². The number of hydrogen-bond acceptors (Lipinski definition) is 5. The normalized spacial score (nSPS) is 14.8. The maximum Gasteiger partial charge on any atom is 0.411 e. The zero-order valence-corrected chi connectivity index (χ0v) is 18.4. The van der Waals surface area contributed by atoms with Gasteiger partial charge >= 0.3 is 12.1 Å². The van der Waals surface area contributed by atoms with Crippen molar-refractivity contribution in [2.75, 3.05) is 25.0 Å². The minimum atomic E-state index is -0.854. The maximum atomic E-state index is 12.4. The van der Waals surface area contributed by atoms with Gasteiger partial charge < -0.3 is 14.7 Å². The number of aromatic nitrogens is 2. The molecule has 1 fully saturated rings. The molecule has 0 saturated carbocycles. The topological polar surface area (TPSA) is 114 Å². The number of amides is 2. The summed E-state index contributed by atoms with van der Waals surface area (Å²) in [5, 5.41) is 15.6. The Morgan fingerprint density at radius 2 is 1.68 bits per heavy atom. The molecule has 2 heterocycles. The van der Waals surface area contributed by atoms with Crippen LogP contribution >= 0.6 is 0 Å². The number of fused-ring (bicyclic) bond motifs is 3. The average Bonchev–Trinajstić information content (AvgIpc) is 3.36. The van der Waals surface area contributed by atoms with Crippen LogP contribution in [0.25, 0.3) is 11.1 Å². The monoisotopic (exact) mass is 460 g/mol. The van der Waals surface area contributed by atoms with Gasteiger partial charge in [-0.25, -0.2) is 4.79 Å². The molecule has 5 rings (SSSR count). The molecule has 174 valence electrons. The van der Waals surface area contributed by atoms with E-state index in [4.69, 9.17) is 9.84 Å². The molecule has 1 aliphatic heterocycles. The van der Waals surface area contributed by atoms with Gasteiger partial charge in [0.2, 0.25) is 5.91 Å². The van der Waals surface area contributed by atoms with Crippen LogP contribution in [0.3, 0.4) is 0 Å². The van der Waals surface area contributed by atoms with E-state index in [0.29, 0.717) is 18.8 Å². The van der Waals surface area contributed by atoms with E-state index in [0.717, 1.165) is 22.3 Å². The Labute approximate surface area is 195 Å². The number of carbonyl (C=O) groups is 3. The van der Waals surface area contributed by atoms with Crippen LogP contribution in [-0.2, 0) is 20.9 Å². The van der Waals surface area contributed by atoms with Gasteiger partial charge in [0.15, 0.2) is 0 Å². The number of carboxylic acid groups (broad SMARTS) is 1. The highest BCUT2D eigenvalue weighted by molar-refractivity contribution is 5.85. The highest BCUT2D eigenvalue weighted by atomic mass is 16.5. The number of benzene rings is 2. The number of carbonyl (C=O) groups excluding carboxylic acids is 2. The van der Waals surface area contributed by atoms with Gasteiger partial charge in [-0.15, -0.1) is 0 Å². The van der Waals surface area contributed by atoms with Crippen molar-refractivity contribution >= 4 is 23.7 Å². The van der Waals surface area contributed by atoms with Crippen molar-refractivity contribution in [3.05, 3.63) is 72.1 Å². The number of aliphatic carboxylic acids is 1. The van der Waals surface area contributed by atoms with Crippen LogP contribution in [0, 0.1) is 5.92 Å². The van der Waals surface area contributed by atoms with Crippen molar-refractivity contribution in [1.29, 1.82) is 0 Å².